The molecule has 0 fully saturated rings. The number of ether oxygens (including phenoxy) is 3. The van der Waals surface area contributed by atoms with Crippen LogP contribution in [0.4, 0.5) is 5.69 Å². The van der Waals surface area contributed by atoms with Crippen LogP contribution < -0.4 is 18.5 Å². The fourth-order valence-corrected chi connectivity index (χ4v) is 4.66. The molecule has 1 aliphatic heterocycles. The van der Waals surface area contributed by atoms with Crippen molar-refractivity contribution in [1.82, 2.24) is 4.98 Å². The van der Waals surface area contributed by atoms with Gasteiger partial charge in [-0.25, -0.2) is 8.42 Å². The quantitative estimate of drug-likeness (QED) is 0.533. The molecule has 0 unspecified atom stereocenters. The highest BCUT2D eigenvalue weighted by molar-refractivity contribution is 7.92. The van der Waals surface area contributed by atoms with Crippen molar-refractivity contribution in [2.24, 2.45) is 0 Å². The Morgan fingerprint density at radius 2 is 1.80 bits per heavy atom. The third-order valence-electron chi connectivity index (χ3n) is 4.55. The second-order valence-corrected chi connectivity index (χ2v) is 8.81. The van der Waals surface area contributed by atoms with Crippen LogP contribution in [-0.2, 0) is 16.6 Å². The molecule has 2 heterocycles. The molecule has 0 saturated heterocycles. The van der Waals surface area contributed by atoms with Crippen LogP contribution in [0.25, 0.3) is 0 Å². The molecule has 2 aromatic carbocycles. The summed E-state index contributed by atoms with van der Waals surface area (Å²) in [7, 11) is -3.47. The standard InChI is InChI=1S/C22H22N2O5S/c1-2-12-30(25,26)24(15-17-4-3-11-23-14-17)18-5-7-19(8-6-18)29-20-9-10-21-22(13-20)28-16-27-21/h3-11,13-14H,2,12,15-16H2,1H3. The molecule has 0 radical (unpaired) electrons. The van der Waals surface area contributed by atoms with E-state index in [1.165, 1.54) is 4.31 Å². The van der Waals surface area contributed by atoms with Crippen molar-refractivity contribution in [3.63, 3.8) is 0 Å². The lowest BCUT2D eigenvalue weighted by Crippen LogP contribution is -2.32. The van der Waals surface area contributed by atoms with Crippen LogP contribution in [0, 0.1) is 0 Å². The van der Waals surface area contributed by atoms with Crippen molar-refractivity contribution in [3.8, 4) is 23.0 Å². The summed E-state index contributed by atoms with van der Waals surface area (Å²) in [5.41, 5.74) is 1.39. The Balaban J connectivity index is 1.55. The van der Waals surface area contributed by atoms with Gasteiger partial charge in [-0.1, -0.05) is 13.0 Å². The summed E-state index contributed by atoms with van der Waals surface area (Å²) in [6, 6.07) is 16.0. The van der Waals surface area contributed by atoms with Gasteiger partial charge in [0.1, 0.15) is 11.5 Å². The zero-order chi connectivity index (χ0) is 21.0. The topological polar surface area (TPSA) is 78.0 Å². The molecule has 0 spiro atoms. The molecule has 1 aliphatic rings. The molecule has 30 heavy (non-hydrogen) atoms. The maximum absolute atomic E-state index is 12.9. The lowest BCUT2D eigenvalue weighted by atomic mass is 10.2. The minimum absolute atomic E-state index is 0.0721. The van der Waals surface area contributed by atoms with Crippen LogP contribution in [0.2, 0.25) is 0 Å². The Morgan fingerprint density at radius 3 is 2.53 bits per heavy atom. The number of pyridine rings is 1. The predicted octanol–water partition coefficient (Wildman–Crippen LogP) is 4.35. The lowest BCUT2D eigenvalue weighted by molar-refractivity contribution is 0.174. The smallest absolute Gasteiger partial charge is 0.235 e. The Morgan fingerprint density at radius 1 is 1.03 bits per heavy atom. The number of benzene rings is 2. The highest BCUT2D eigenvalue weighted by atomic mass is 32.2. The van der Waals surface area contributed by atoms with Gasteiger partial charge in [-0.3, -0.25) is 9.29 Å². The summed E-state index contributed by atoms with van der Waals surface area (Å²) in [5.74, 6) is 2.59. The fraction of sp³-hybridized carbons (Fsp3) is 0.227. The van der Waals surface area contributed by atoms with Crippen LogP contribution in [0.15, 0.2) is 67.0 Å². The Labute approximate surface area is 175 Å². The van der Waals surface area contributed by atoms with Crippen molar-refractivity contribution < 1.29 is 22.6 Å². The Kier molecular flexibility index (Phi) is 5.76. The van der Waals surface area contributed by atoms with Gasteiger partial charge in [0.25, 0.3) is 0 Å². The molecule has 0 aliphatic carbocycles. The van der Waals surface area contributed by atoms with Gasteiger partial charge in [0.15, 0.2) is 11.5 Å². The molecule has 0 saturated carbocycles. The first-order valence-electron chi connectivity index (χ1n) is 9.62. The predicted molar refractivity (Wildman–Crippen MR) is 114 cm³/mol. The zero-order valence-corrected chi connectivity index (χ0v) is 17.3. The SMILES string of the molecule is CCCS(=O)(=O)N(Cc1cccnc1)c1ccc(Oc2ccc3c(c2)OCO3)cc1. The van der Waals surface area contributed by atoms with Gasteiger partial charge in [-0.05, 0) is 54.4 Å². The molecule has 0 bridgehead atoms. The number of anilines is 1. The first kappa shape index (κ1) is 20.0. The Hall–Kier alpha value is -3.26. The lowest BCUT2D eigenvalue weighted by Gasteiger charge is -2.24. The maximum Gasteiger partial charge on any atom is 0.235 e. The number of nitrogens with zero attached hydrogens (tertiary/aromatic N) is 2. The second kappa shape index (κ2) is 8.62. The van der Waals surface area contributed by atoms with Crippen LogP contribution >= 0.6 is 0 Å². The average Bonchev–Trinajstić information content (AvgIpc) is 3.21. The molecule has 4 rings (SSSR count). The Bertz CT molecular complexity index is 1100. The van der Waals surface area contributed by atoms with Crippen molar-refractivity contribution >= 4 is 15.7 Å². The first-order chi connectivity index (χ1) is 14.5. The summed E-state index contributed by atoms with van der Waals surface area (Å²) in [6.07, 6.45) is 3.87. The zero-order valence-electron chi connectivity index (χ0n) is 16.5. The van der Waals surface area contributed by atoms with Gasteiger partial charge >= 0.3 is 0 Å². The number of aromatic nitrogens is 1. The highest BCUT2D eigenvalue weighted by Gasteiger charge is 2.22. The number of hydrogen-bond acceptors (Lipinski definition) is 6. The summed E-state index contributed by atoms with van der Waals surface area (Å²) in [4.78, 5) is 4.08. The van der Waals surface area contributed by atoms with Crippen LogP contribution in [-0.4, -0.2) is 25.9 Å². The third kappa shape index (κ3) is 4.49. The van der Waals surface area contributed by atoms with Crippen LogP contribution in [0.5, 0.6) is 23.0 Å². The van der Waals surface area contributed by atoms with Crippen molar-refractivity contribution in [2.45, 2.75) is 19.9 Å². The number of hydrogen-bond donors (Lipinski definition) is 0. The summed E-state index contributed by atoms with van der Waals surface area (Å²) in [6.45, 7) is 2.27. The van der Waals surface area contributed by atoms with Crippen molar-refractivity contribution in [2.75, 3.05) is 16.9 Å². The van der Waals surface area contributed by atoms with E-state index in [1.807, 2.05) is 13.0 Å². The molecule has 8 heteroatoms. The first-order valence-corrected chi connectivity index (χ1v) is 11.2. The van der Waals surface area contributed by atoms with E-state index in [0.717, 1.165) is 5.56 Å². The van der Waals surface area contributed by atoms with E-state index in [2.05, 4.69) is 4.98 Å². The van der Waals surface area contributed by atoms with Gasteiger partial charge in [-0.2, -0.15) is 0 Å². The van der Waals surface area contributed by atoms with E-state index >= 15 is 0 Å². The monoisotopic (exact) mass is 426 g/mol. The third-order valence-corrected chi connectivity index (χ3v) is 6.49. The van der Waals surface area contributed by atoms with E-state index < -0.39 is 10.0 Å². The maximum atomic E-state index is 12.9. The number of rotatable bonds is 8. The molecule has 0 atom stereocenters. The van der Waals surface area contributed by atoms with Gasteiger partial charge in [0.05, 0.1) is 18.0 Å². The van der Waals surface area contributed by atoms with Gasteiger partial charge in [-0.15, -0.1) is 0 Å². The summed E-state index contributed by atoms with van der Waals surface area (Å²) in [5, 5.41) is 0. The van der Waals surface area contributed by atoms with Crippen molar-refractivity contribution in [1.29, 1.82) is 0 Å². The van der Waals surface area contributed by atoms with E-state index in [-0.39, 0.29) is 19.1 Å². The van der Waals surface area contributed by atoms with Crippen molar-refractivity contribution in [3.05, 3.63) is 72.6 Å². The molecule has 7 nitrogen and oxygen atoms in total. The molecule has 0 N–H and O–H groups in total. The minimum atomic E-state index is -3.47. The van der Waals surface area contributed by atoms with Crippen LogP contribution in [0.3, 0.4) is 0 Å². The largest absolute Gasteiger partial charge is 0.457 e. The molecular weight excluding hydrogens is 404 g/mol. The van der Waals surface area contributed by atoms with Gasteiger partial charge in [0.2, 0.25) is 16.8 Å². The molecule has 156 valence electrons. The number of fused-ring (bicyclic) bond motifs is 1. The van der Waals surface area contributed by atoms with Crippen LogP contribution in [0.1, 0.15) is 18.9 Å². The molecule has 1 aromatic heterocycles. The van der Waals surface area contributed by atoms with E-state index in [0.29, 0.717) is 35.1 Å². The highest BCUT2D eigenvalue weighted by Crippen LogP contribution is 2.37. The minimum Gasteiger partial charge on any atom is -0.457 e. The van der Waals surface area contributed by atoms with E-state index in [1.54, 1.807) is 60.9 Å². The van der Waals surface area contributed by atoms with Gasteiger partial charge < -0.3 is 14.2 Å². The number of sulfonamides is 1. The second-order valence-electron chi connectivity index (χ2n) is 6.79. The molecular formula is C22H22N2O5S. The molecule has 3 aromatic rings. The summed E-state index contributed by atoms with van der Waals surface area (Å²) >= 11 is 0. The summed E-state index contributed by atoms with van der Waals surface area (Å²) < 4.78 is 43.7. The average molecular weight is 426 g/mol. The van der Waals surface area contributed by atoms with E-state index in [9.17, 15) is 8.42 Å². The molecule has 0 amide bonds. The van der Waals surface area contributed by atoms with E-state index in [4.69, 9.17) is 14.2 Å². The van der Waals surface area contributed by atoms with Gasteiger partial charge in [0, 0.05) is 18.5 Å². The fourth-order valence-electron chi connectivity index (χ4n) is 3.13. The normalized spacial score (nSPS) is 12.6.